The Bertz CT molecular complexity index is 797. The summed E-state index contributed by atoms with van der Waals surface area (Å²) in [5.74, 6) is -0.688. The van der Waals surface area contributed by atoms with E-state index < -0.39 is 17.2 Å². The molecule has 0 aliphatic carbocycles. The fraction of sp³-hybridized carbons (Fsp3) is 0.350. The van der Waals surface area contributed by atoms with Crippen LogP contribution in [0, 0.1) is 6.92 Å². The first-order valence-corrected chi connectivity index (χ1v) is 9.29. The summed E-state index contributed by atoms with van der Waals surface area (Å²) in [5, 5.41) is 1.50. The number of rotatable bonds is 6. The van der Waals surface area contributed by atoms with E-state index in [0.717, 1.165) is 28.1 Å². The van der Waals surface area contributed by atoms with Gasteiger partial charge in [-0.25, -0.2) is 4.79 Å². The largest absolute Gasteiger partial charge is 0.384 e. The number of ether oxygens (including phenoxy) is 1. The van der Waals surface area contributed by atoms with Crippen LogP contribution in [0.5, 0.6) is 0 Å². The summed E-state index contributed by atoms with van der Waals surface area (Å²) in [5.41, 5.74) is 1.98. The minimum absolute atomic E-state index is 0.0893. The van der Waals surface area contributed by atoms with Gasteiger partial charge in [-0.3, -0.25) is 9.59 Å². The van der Waals surface area contributed by atoms with Gasteiger partial charge < -0.3 is 4.74 Å². The number of Topliss-reactive ketones (excluding diaryl/α,β-unsaturated/α-hetero) is 1. The smallest absolute Gasteiger partial charge is 0.374 e. The van der Waals surface area contributed by atoms with Crippen LogP contribution in [0.15, 0.2) is 36.4 Å². The molecule has 0 saturated heterocycles. The molecule has 0 fully saturated rings. The SMILES string of the molecule is CCC(=O)CCSC(=O)OC(=O)[C@@H](C)c1ccc2cc(C)ccc2c1. The van der Waals surface area contributed by atoms with Crippen molar-refractivity contribution >= 4 is 39.6 Å². The topological polar surface area (TPSA) is 60.4 Å². The summed E-state index contributed by atoms with van der Waals surface area (Å²) >= 11 is 0.862. The summed E-state index contributed by atoms with van der Waals surface area (Å²) in [7, 11) is 0. The van der Waals surface area contributed by atoms with Crippen LogP contribution in [0.1, 0.15) is 43.7 Å². The first kappa shape index (κ1) is 19.2. The van der Waals surface area contributed by atoms with Crippen LogP contribution in [0.25, 0.3) is 10.8 Å². The predicted octanol–water partition coefficient (Wildman–Crippen LogP) is 5.02. The maximum absolute atomic E-state index is 12.2. The van der Waals surface area contributed by atoms with E-state index in [-0.39, 0.29) is 5.78 Å². The summed E-state index contributed by atoms with van der Waals surface area (Å²) in [4.78, 5) is 35.1. The van der Waals surface area contributed by atoms with Gasteiger partial charge in [-0.2, -0.15) is 0 Å². The molecule has 0 aliphatic heterocycles. The van der Waals surface area contributed by atoms with Crippen molar-refractivity contribution in [1.29, 1.82) is 0 Å². The maximum Gasteiger partial charge on any atom is 0.374 e. The van der Waals surface area contributed by atoms with Crippen molar-refractivity contribution in [2.24, 2.45) is 0 Å². The number of ketones is 1. The molecule has 0 N–H and O–H groups in total. The normalized spacial score (nSPS) is 12.0. The average molecular weight is 358 g/mol. The van der Waals surface area contributed by atoms with E-state index in [1.165, 1.54) is 5.56 Å². The second kappa shape index (κ2) is 8.81. The number of esters is 1. The van der Waals surface area contributed by atoms with Crippen molar-refractivity contribution in [3.05, 3.63) is 47.5 Å². The predicted molar refractivity (Wildman–Crippen MR) is 101 cm³/mol. The standard InChI is InChI=1S/C20H22O4S/c1-4-18(21)9-10-25-20(23)24-19(22)14(3)15-7-8-16-11-13(2)5-6-17(16)12-15/h5-8,11-12,14H,4,9-10H2,1-3H3/t14-/m0/s1. The van der Waals surface area contributed by atoms with Crippen molar-refractivity contribution in [2.45, 2.75) is 39.5 Å². The molecule has 2 aromatic carbocycles. The van der Waals surface area contributed by atoms with Crippen LogP contribution >= 0.6 is 11.8 Å². The molecule has 0 amide bonds. The maximum atomic E-state index is 12.2. The van der Waals surface area contributed by atoms with Gasteiger partial charge in [0.15, 0.2) is 0 Å². The number of fused-ring (bicyclic) bond motifs is 1. The lowest BCUT2D eigenvalue weighted by Gasteiger charge is -2.11. The van der Waals surface area contributed by atoms with Crippen molar-refractivity contribution in [3.8, 4) is 0 Å². The molecule has 0 spiro atoms. The second-order valence-corrected chi connectivity index (χ2v) is 7.02. The van der Waals surface area contributed by atoms with Gasteiger partial charge in [0.1, 0.15) is 5.78 Å². The van der Waals surface area contributed by atoms with E-state index in [2.05, 4.69) is 6.07 Å². The lowest BCUT2D eigenvalue weighted by molar-refractivity contribution is -0.137. The monoisotopic (exact) mass is 358 g/mol. The Morgan fingerprint density at radius 3 is 2.48 bits per heavy atom. The molecule has 132 valence electrons. The van der Waals surface area contributed by atoms with Crippen LogP contribution in [0.2, 0.25) is 0 Å². The molecule has 0 aromatic heterocycles. The number of benzene rings is 2. The molecule has 0 radical (unpaired) electrons. The molecule has 0 bridgehead atoms. The fourth-order valence-corrected chi connectivity index (χ4v) is 3.05. The van der Waals surface area contributed by atoms with Crippen LogP contribution in [0.3, 0.4) is 0 Å². The quantitative estimate of drug-likeness (QED) is 0.536. The zero-order valence-electron chi connectivity index (χ0n) is 14.7. The van der Waals surface area contributed by atoms with Gasteiger partial charge in [0, 0.05) is 18.6 Å². The number of hydrogen-bond acceptors (Lipinski definition) is 5. The third kappa shape index (κ3) is 5.43. The highest BCUT2D eigenvalue weighted by molar-refractivity contribution is 8.13. The third-order valence-electron chi connectivity index (χ3n) is 4.05. The molecule has 4 nitrogen and oxygen atoms in total. The van der Waals surface area contributed by atoms with Gasteiger partial charge in [-0.15, -0.1) is 0 Å². The van der Waals surface area contributed by atoms with E-state index >= 15 is 0 Å². The van der Waals surface area contributed by atoms with Crippen molar-refractivity contribution in [1.82, 2.24) is 0 Å². The van der Waals surface area contributed by atoms with Crippen molar-refractivity contribution < 1.29 is 19.1 Å². The first-order valence-electron chi connectivity index (χ1n) is 8.31. The van der Waals surface area contributed by atoms with Crippen LogP contribution in [0.4, 0.5) is 4.79 Å². The molecule has 0 saturated carbocycles. The van der Waals surface area contributed by atoms with E-state index in [0.29, 0.717) is 18.6 Å². The molecule has 2 aromatic rings. The highest BCUT2D eigenvalue weighted by atomic mass is 32.2. The van der Waals surface area contributed by atoms with Crippen molar-refractivity contribution in [2.75, 3.05) is 5.75 Å². The van der Waals surface area contributed by atoms with E-state index in [1.807, 2.05) is 37.3 Å². The molecule has 0 unspecified atom stereocenters. The number of carbonyl (C=O) groups is 3. The summed E-state index contributed by atoms with van der Waals surface area (Å²) in [6.07, 6.45) is 0.761. The second-order valence-electron chi connectivity index (χ2n) is 5.99. The Morgan fingerprint density at radius 1 is 1.08 bits per heavy atom. The molecular weight excluding hydrogens is 336 g/mol. The van der Waals surface area contributed by atoms with E-state index in [1.54, 1.807) is 13.8 Å². The number of carbonyl (C=O) groups excluding carboxylic acids is 3. The zero-order chi connectivity index (χ0) is 18.4. The van der Waals surface area contributed by atoms with Crippen LogP contribution in [-0.2, 0) is 14.3 Å². The summed E-state index contributed by atoms with van der Waals surface area (Å²) in [6, 6.07) is 11.9. The third-order valence-corrected chi connectivity index (χ3v) is 4.78. The highest BCUT2D eigenvalue weighted by Crippen LogP contribution is 2.24. The Kier molecular flexibility index (Phi) is 6.76. The van der Waals surface area contributed by atoms with Crippen LogP contribution in [-0.4, -0.2) is 22.8 Å². The van der Waals surface area contributed by atoms with Gasteiger partial charge in [0.05, 0.1) is 5.92 Å². The Balaban J connectivity index is 1.96. The average Bonchev–Trinajstić information content (AvgIpc) is 2.60. The van der Waals surface area contributed by atoms with Gasteiger partial charge in [0.2, 0.25) is 0 Å². The van der Waals surface area contributed by atoms with Gasteiger partial charge in [0.25, 0.3) is 0 Å². The van der Waals surface area contributed by atoms with Crippen LogP contribution < -0.4 is 0 Å². The van der Waals surface area contributed by atoms with Gasteiger partial charge in [-0.1, -0.05) is 48.9 Å². The fourth-order valence-electron chi connectivity index (χ4n) is 2.41. The molecule has 5 heteroatoms. The number of thioether (sulfide) groups is 1. The van der Waals surface area contributed by atoms with E-state index in [9.17, 15) is 14.4 Å². The molecule has 2 rings (SSSR count). The summed E-state index contributed by atoms with van der Waals surface area (Å²) in [6.45, 7) is 5.53. The lowest BCUT2D eigenvalue weighted by Crippen LogP contribution is -2.16. The van der Waals surface area contributed by atoms with Crippen molar-refractivity contribution in [3.63, 3.8) is 0 Å². The number of hydrogen-bond donors (Lipinski definition) is 0. The molecule has 0 heterocycles. The van der Waals surface area contributed by atoms with E-state index in [4.69, 9.17) is 4.74 Å². The molecular formula is C20H22O4S. The number of aryl methyl sites for hydroxylation is 1. The van der Waals surface area contributed by atoms with Gasteiger partial charge >= 0.3 is 11.3 Å². The Labute approximate surface area is 151 Å². The first-order chi connectivity index (χ1) is 11.9. The Hall–Kier alpha value is -2.14. The highest BCUT2D eigenvalue weighted by Gasteiger charge is 2.20. The summed E-state index contributed by atoms with van der Waals surface area (Å²) < 4.78 is 4.89. The lowest BCUT2D eigenvalue weighted by atomic mass is 9.97. The minimum Gasteiger partial charge on any atom is -0.384 e. The molecule has 1 atom stereocenters. The van der Waals surface area contributed by atoms with Gasteiger partial charge in [-0.05, 0) is 41.9 Å². The molecule has 0 aliphatic rings. The Morgan fingerprint density at radius 2 is 1.76 bits per heavy atom. The zero-order valence-corrected chi connectivity index (χ0v) is 15.5. The molecule has 25 heavy (non-hydrogen) atoms. The minimum atomic E-state index is -0.655.